The number of likely N-dealkylation sites (tertiary alicyclic amines) is 3. The molecule has 0 saturated carbocycles. The van der Waals surface area contributed by atoms with Gasteiger partial charge in [0.15, 0.2) is 0 Å². The number of rotatable bonds is 9. The van der Waals surface area contributed by atoms with Crippen LogP contribution < -0.4 is 0 Å². The van der Waals surface area contributed by atoms with E-state index in [-0.39, 0.29) is 23.6 Å². The van der Waals surface area contributed by atoms with Gasteiger partial charge in [-0.2, -0.15) is 0 Å². The average Bonchev–Trinajstić information content (AvgIpc) is 3.15. The van der Waals surface area contributed by atoms with Gasteiger partial charge in [-0.05, 0) is 52.1 Å². The van der Waals surface area contributed by atoms with Gasteiger partial charge in [-0.3, -0.25) is 14.4 Å². The van der Waals surface area contributed by atoms with Crippen LogP contribution in [0.15, 0.2) is 0 Å². The molecule has 0 bridgehead atoms. The maximum atomic E-state index is 13.1. The van der Waals surface area contributed by atoms with Crippen LogP contribution in [0.4, 0.5) is 0 Å². The lowest BCUT2D eigenvalue weighted by Crippen LogP contribution is -2.49. The van der Waals surface area contributed by atoms with Gasteiger partial charge in [-0.15, -0.1) is 0 Å². The zero-order valence-corrected chi connectivity index (χ0v) is 18.1. The van der Waals surface area contributed by atoms with Gasteiger partial charge in [0, 0.05) is 58.7 Å². The first-order valence-corrected chi connectivity index (χ1v) is 11.6. The van der Waals surface area contributed by atoms with Crippen LogP contribution >= 0.6 is 0 Å². The minimum Gasteiger partial charge on any atom is -0.343 e. The third-order valence-electron chi connectivity index (χ3n) is 6.71. The summed E-state index contributed by atoms with van der Waals surface area (Å²) in [4.78, 5) is 45.4. The molecule has 3 saturated heterocycles. The molecule has 0 spiro atoms. The Morgan fingerprint density at radius 1 is 0.931 bits per heavy atom. The van der Waals surface area contributed by atoms with Gasteiger partial charge in [0.1, 0.15) is 0 Å². The van der Waals surface area contributed by atoms with Crippen molar-refractivity contribution in [2.24, 2.45) is 5.92 Å². The van der Waals surface area contributed by atoms with Crippen LogP contribution in [0.1, 0.15) is 58.3 Å². The molecular formula is C22H38N4O3. The second kappa shape index (κ2) is 11.0. The summed E-state index contributed by atoms with van der Waals surface area (Å²) >= 11 is 0. The molecule has 0 aromatic carbocycles. The first-order chi connectivity index (χ1) is 14.1. The zero-order chi connectivity index (χ0) is 20.6. The van der Waals surface area contributed by atoms with Crippen molar-refractivity contribution in [1.82, 2.24) is 19.6 Å². The number of likely N-dealkylation sites (N-methyl/N-ethyl adjacent to an activating group) is 1. The Bertz CT molecular complexity index is 576. The van der Waals surface area contributed by atoms with Crippen molar-refractivity contribution < 1.29 is 14.4 Å². The minimum absolute atomic E-state index is 0.0811. The van der Waals surface area contributed by atoms with Crippen molar-refractivity contribution in [3.05, 3.63) is 0 Å². The molecule has 1 unspecified atom stereocenters. The maximum Gasteiger partial charge on any atom is 0.227 e. The van der Waals surface area contributed by atoms with Crippen molar-refractivity contribution in [3.63, 3.8) is 0 Å². The zero-order valence-electron chi connectivity index (χ0n) is 18.1. The van der Waals surface area contributed by atoms with Gasteiger partial charge in [0.2, 0.25) is 17.7 Å². The smallest absolute Gasteiger partial charge is 0.227 e. The number of nitrogens with zero attached hydrogens (tertiary/aromatic N) is 4. The second-order valence-electron chi connectivity index (χ2n) is 8.73. The summed E-state index contributed by atoms with van der Waals surface area (Å²) in [6, 6.07) is 0. The predicted octanol–water partition coefficient (Wildman–Crippen LogP) is 1.57. The summed E-state index contributed by atoms with van der Waals surface area (Å²) < 4.78 is 0. The summed E-state index contributed by atoms with van der Waals surface area (Å²) in [6.07, 6.45) is 7.38. The topological polar surface area (TPSA) is 64.2 Å². The fraction of sp³-hybridized carbons (Fsp3) is 0.864. The molecule has 3 amide bonds. The van der Waals surface area contributed by atoms with Crippen LogP contribution in [-0.4, -0.2) is 96.2 Å². The molecule has 0 aliphatic carbocycles. The Kier molecular flexibility index (Phi) is 8.33. The Hall–Kier alpha value is -1.63. The number of carbonyl (C=O) groups excluding carboxylic acids is 3. The highest BCUT2D eigenvalue weighted by molar-refractivity contribution is 5.84. The maximum absolute atomic E-state index is 13.1. The molecule has 0 aromatic rings. The van der Waals surface area contributed by atoms with E-state index in [1.165, 1.54) is 19.3 Å². The van der Waals surface area contributed by atoms with E-state index in [1.807, 2.05) is 21.6 Å². The molecule has 7 nitrogen and oxygen atoms in total. The Labute approximate surface area is 175 Å². The largest absolute Gasteiger partial charge is 0.343 e. The highest BCUT2D eigenvalue weighted by Gasteiger charge is 2.32. The molecule has 0 aromatic heterocycles. The molecule has 3 rings (SSSR count). The fourth-order valence-corrected chi connectivity index (χ4v) is 4.85. The number of hydrogen-bond acceptors (Lipinski definition) is 4. The Morgan fingerprint density at radius 3 is 2.34 bits per heavy atom. The Balaban J connectivity index is 1.44. The van der Waals surface area contributed by atoms with Gasteiger partial charge >= 0.3 is 0 Å². The molecule has 7 heteroatoms. The van der Waals surface area contributed by atoms with E-state index in [2.05, 4.69) is 4.90 Å². The standard InChI is InChI=1S/C22H38N4O3/c1-2-24(17-16-23-11-4-3-5-12-23)22(29)19-9-10-21(28)26(18-19)15-7-14-25-13-6-8-20(25)27/h19H,2-18H2,1H3. The lowest BCUT2D eigenvalue weighted by Gasteiger charge is -2.36. The summed E-state index contributed by atoms with van der Waals surface area (Å²) in [5.74, 6) is 0.507. The first kappa shape index (κ1) is 22.1. The Morgan fingerprint density at radius 2 is 1.66 bits per heavy atom. The van der Waals surface area contributed by atoms with Crippen LogP contribution in [0.5, 0.6) is 0 Å². The van der Waals surface area contributed by atoms with Gasteiger partial charge < -0.3 is 19.6 Å². The normalized spacial score (nSPS) is 23.7. The number of carbonyl (C=O) groups is 3. The molecule has 29 heavy (non-hydrogen) atoms. The molecule has 0 radical (unpaired) electrons. The van der Waals surface area contributed by atoms with E-state index in [4.69, 9.17) is 0 Å². The highest BCUT2D eigenvalue weighted by Crippen LogP contribution is 2.21. The van der Waals surface area contributed by atoms with E-state index < -0.39 is 0 Å². The number of hydrogen-bond donors (Lipinski definition) is 0. The fourth-order valence-electron chi connectivity index (χ4n) is 4.85. The highest BCUT2D eigenvalue weighted by atomic mass is 16.2. The quantitative estimate of drug-likeness (QED) is 0.583. The molecular weight excluding hydrogens is 368 g/mol. The number of amides is 3. The van der Waals surface area contributed by atoms with Gasteiger partial charge in [-0.25, -0.2) is 0 Å². The summed E-state index contributed by atoms with van der Waals surface area (Å²) in [5.41, 5.74) is 0. The van der Waals surface area contributed by atoms with E-state index in [1.54, 1.807) is 0 Å². The summed E-state index contributed by atoms with van der Waals surface area (Å²) in [5, 5.41) is 0. The van der Waals surface area contributed by atoms with Crippen molar-refractivity contribution >= 4 is 17.7 Å². The first-order valence-electron chi connectivity index (χ1n) is 11.6. The van der Waals surface area contributed by atoms with E-state index in [0.717, 1.165) is 58.7 Å². The third kappa shape index (κ3) is 6.17. The second-order valence-corrected chi connectivity index (χ2v) is 8.73. The lowest BCUT2D eigenvalue weighted by atomic mass is 9.95. The van der Waals surface area contributed by atoms with Gasteiger partial charge in [0.05, 0.1) is 5.92 Å². The van der Waals surface area contributed by atoms with Crippen molar-refractivity contribution in [3.8, 4) is 0 Å². The average molecular weight is 407 g/mol. The molecule has 3 fully saturated rings. The summed E-state index contributed by atoms with van der Waals surface area (Å²) in [7, 11) is 0. The van der Waals surface area contributed by atoms with Crippen LogP contribution in [0.3, 0.4) is 0 Å². The van der Waals surface area contributed by atoms with Crippen molar-refractivity contribution in [2.75, 3.05) is 58.9 Å². The van der Waals surface area contributed by atoms with Crippen LogP contribution in [0.2, 0.25) is 0 Å². The van der Waals surface area contributed by atoms with Crippen LogP contribution in [0, 0.1) is 5.92 Å². The van der Waals surface area contributed by atoms with Gasteiger partial charge in [-0.1, -0.05) is 6.42 Å². The molecule has 164 valence electrons. The molecule has 3 heterocycles. The van der Waals surface area contributed by atoms with Crippen LogP contribution in [0.25, 0.3) is 0 Å². The molecule has 1 atom stereocenters. The monoisotopic (exact) mass is 406 g/mol. The van der Waals surface area contributed by atoms with Crippen molar-refractivity contribution in [1.29, 1.82) is 0 Å². The molecule has 0 N–H and O–H groups in total. The molecule has 3 aliphatic heterocycles. The number of piperidine rings is 2. The van der Waals surface area contributed by atoms with E-state index in [0.29, 0.717) is 32.4 Å². The summed E-state index contributed by atoms with van der Waals surface area (Å²) in [6.45, 7) is 9.57. The SMILES string of the molecule is CCN(CCN1CCCCC1)C(=O)C1CCC(=O)N(CCCN2CCCC2=O)C1. The molecule has 3 aliphatic rings. The van der Waals surface area contributed by atoms with Crippen molar-refractivity contribution in [2.45, 2.75) is 58.3 Å². The van der Waals surface area contributed by atoms with E-state index >= 15 is 0 Å². The minimum atomic E-state index is -0.0811. The third-order valence-corrected chi connectivity index (χ3v) is 6.71. The van der Waals surface area contributed by atoms with E-state index in [9.17, 15) is 14.4 Å². The van der Waals surface area contributed by atoms with Gasteiger partial charge in [0.25, 0.3) is 0 Å². The van der Waals surface area contributed by atoms with Crippen LogP contribution in [-0.2, 0) is 14.4 Å². The lowest BCUT2D eigenvalue weighted by molar-refractivity contribution is -0.143. The predicted molar refractivity (Wildman–Crippen MR) is 112 cm³/mol.